The van der Waals surface area contributed by atoms with Gasteiger partial charge in [0.2, 0.25) is 5.91 Å². The van der Waals surface area contributed by atoms with Crippen molar-refractivity contribution in [3.05, 3.63) is 62.1 Å². The van der Waals surface area contributed by atoms with E-state index >= 15 is 0 Å². The molecule has 9 heteroatoms. The number of halogens is 1. The lowest BCUT2D eigenvalue weighted by molar-refractivity contribution is -0.384. The van der Waals surface area contributed by atoms with Crippen LogP contribution in [-0.2, 0) is 4.79 Å². The van der Waals surface area contributed by atoms with Gasteiger partial charge in [-0.15, -0.1) is 0 Å². The summed E-state index contributed by atoms with van der Waals surface area (Å²) in [7, 11) is 0. The van der Waals surface area contributed by atoms with E-state index in [1.165, 1.54) is 12.1 Å². The van der Waals surface area contributed by atoms with Crippen LogP contribution in [-0.4, -0.2) is 36.4 Å². The number of non-ortho nitro benzene ring substituents is 1. The van der Waals surface area contributed by atoms with Gasteiger partial charge in [-0.25, -0.2) is 0 Å². The maximum Gasteiger partial charge on any atom is 0.270 e. The van der Waals surface area contributed by atoms with Crippen LogP contribution in [0.5, 0.6) is 0 Å². The fourth-order valence-corrected chi connectivity index (χ4v) is 3.74. The molecule has 158 valence electrons. The monoisotopic (exact) mass is 474 g/mol. The number of rotatable bonds is 7. The molecule has 0 aliphatic carbocycles. The molecule has 3 rings (SSSR count). The molecule has 0 saturated carbocycles. The van der Waals surface area contributed by atoms with E-state index in [0.29, 0.717) is 11.4 Å². The van der Waals surface area contributed by atoms with Crippen molar-refractivity contribution in [3.8, 4) is 0 Å². The van der Waals surface area contributed by atoms with E-state index in [0.717, 1.165) is 36.0 Å². The van der Waals surface area contributed by atoms with Crippen LogP contribution in [0.2, 0.25) is 0 Å². The Kier molecular flexibility index (Phi) is 7.04. The van der Waals surface area contributed by atoms with Crippen molar-refractivity contribution >= 4 is 44.8 Å². The normalized spacial score (nSPS) is 13.2. The summed E-state index contributed by atoms with van der Waals surface area (Å²) in [5.74, 6) is -0.651. The lowest BCUT2D eigenvalue weighted by Crippen LogP contribution is -2.30. The topological polar surface area (TPSA) is 105 Å². The van der Waals surface area contributed by atoms with Crippen molar-refractivity contribution in [3.63, 3.8) is 0 Å². The number of carbonyl (C=O) groups is 2. The summed E-state index contributed by atoms with van der Waals surface area (Å²) in [6.45, 7) is 3.64. The summed E-state index contributed by atoms with van der Waals surface area (Å²) in [5.41, 5.74) is 2.45. The van der Waals surface area contributed by atoms with Gasteiger partial charge in [0.25, 0.3) is 11.6 Å². The van der Waals surface area contributed by atoms with Crippen LogP contribution in [0.3, 0.4) is 0 Å². The molecular weight excluding hydrogens is 452 g/mol. The minimum atomic E-state index is -0.516. The highest BCUT2D eigenvalue weighted by atomic mass is 79.9. The van der Waals surface area contributed by atoms with E-state index in [4.69, 9.17) is 0 Å². The Morgan fingerprint density at radius 3 is 2.60 bits per heavy atom. The number of hydrogen-bond acceptors (Lipinski definition) is 5. The van der Waals surface area contributed by atoms with Crippen LogP contribution in [0, 0.1) is 17.0 Å². The molecule has 0 atom stereocenters. The van der Waals surface area contributed by atoms with Gasteiger partial charge in [0.05, 0.1) is 16.2 Å². The number of anilines is 2. The minimum Gasteiger partial charge on any atom is -0.371 e. The Morgan fingerprint density at radius 1 is 1.17 bits per heavy atom. The first-order valence-corrected chi connectivity index (χ1v) is 10.5. The lowest BCUT2D eigenvalue weighted by Gasteiger charge is -2.20. The molecule has 1 saturated heterocycles. The highest BCUT2D eigenvalue weighted by molar-refractivity contribution is 9.10. The second-order valence-corrected chi connectivity index (χ2v) is 8.08. The molecular formula is C21H23BrN4O4. The second kappa shape index (κ2) is 9.71. The summed E-state index contributed by atoms with van der Waals surface area (Å²) < 4.78 is 0.858. The van der Waals surface area contributed by atoms with Gasteiger partial charge in [-0.05, 0) is 43.5 Å². The molecule has 0 spiro atoms. The maximum absolute atomic E-state index is 12.7. The Labute approximate surface area is 182 Å². The fourth-order valence-electron chi connectivity index (χ4n) is 3.38. The Balaban J connectivity index is 1.63. The Bertz CT molecular complexity index is 973. The molecule has 1 aliphatic heterocycles. The number of benzene rings is 2. The smallest absolute Gasteiger partial charge is 0.270 e. The van der Waals surface area contributed by atoms with E-state index in [-0.39, 0.29) is 30.1 Å². The number of nitro benzene ring substituents is 1. The summed E-state index contributed by atoms with van der Waals surface area (Å²) in [6, 6.07) is 9.94. The summed E-state index contributed by atoms with van der Waals surface area (Å²) in [6.07, 6.45) is 2.13. The maximum atomic E-state index is 12.7. The third-order valence-electron chi connectivity index (χ3n) is 4.99. The largest absolute Gasteiger partial charge is 0.371 e. The van der Waals surface area contributed by atoms with Crippen molar-refractivity contribution in [1.29, 1.82) is 0 Å². The number of aryl methyl sites for hydroxylation is 1. The van der Waals surface area contributed by atoms with Crippen molar-refractivity contribution in [2.24, 2.45) is 0 Å². The van der Waals surface area contributed by atoms with Gasteiger partial charge in [-0.1, -0.05) is 22.0 Å². The van der Waals surface area contributed by atoms with Gasteiger partial charge in [0.1, 0.15) is 0 Å². The zero-order valence-electron chi connectivity index (χ0n) is 16.6. The molecule has 0 bridgehead atoms. The van der Waals surface area contributed by atoms with Crippen molar-refractivity contribution in [2.45, 2.75) is 26.2 Å². The molecule has 1 fully saturated rings. The van der Waals surface area contributed by atoms with E-state index < -0.39 is 10.8 Å². The van der Waals surface area contributed by atoms with Gasteiger partial charge in [0, 0.05) is 48.3 Å². The molecule has 0 radical (unpaired) electrons. The minimum absolute atomic E-state index is 0.0890. The Hall–Kier alpha value is -2.94. The molecule has 2 aromatic rings. The zero-order chi connectivity index (χ0) is 21.7. The first-order valence-electron chi connectivity index (χ1n) is 9.73. The predicted octanol–water partition coefficient (Wildman–Crippen LogP) is 4.02. The van der Waals surface area contributed by atoms with Crippen LogP contribution in [0.4, 0.5) is 17.1 Å². The van der Waals surface area contributed by atoms with Crippen LogP contribution < -0.4 is 15.5 Å². The number of nitro groups is 1. The van der Waals surface area contributed by atoms with Crippen molar-refractivity contribution < 1.29 is 14.5 Å². The number of hydrogen-bond donors (Lipinski definition) is 2. The van der Waals surface area contributed by atoms with Gasteiger partial charge < -0.3 is 15.5 Å². The quantitative estimate of drug-likeness (QED) is 0.465. The van der Waals surface area contributed by atoms with Crippen LogP contribution in [0.15, 0.2) is 40.9 Å². The van der Waals surface area contributed by atoms with Crippen LogP contribution >= 0.6 is 15.9 Å². The highest BCUT2D eigenvalue weighted by Gasteiger charge is 2.22. The van der Waals surface area contributed by atoms with E-state index in [9.17, 15) is 19.7 Å². The van der Waals surface area contributed by atoms with Gasteiger partial charge in [0.15, 0.2) is 0 Å². The van der Waals surface area contributed by atoms with Crippen molar-refractivity contribution in [2.75, 3.05) is 29.9 Å². The lowest BCUT2D eigenvalue weighted by atomic mass is 10.1. The molecule has 1 heterocycles. The standard InChI is InChI=1S/C21H23BrN4O4/c1-14-4-5-15(22)12-18(14)24-20(27)8-9-23-21(28)17-13-16(26(29)30)6-7-19(17)25-10-2-3-11-25/h4-7,12-13H,2-3,8-11H2,1H3,(H,23,28)(H,24,27). The summed E-state index contributed by atoms with van der Waals surface area (Å²) in [4.78, 5) is 37.7. The molecule has 2 N–H and O–H groups in total. The summed E-state index contributed by atoms with van der Waals surface area (Å²) >= 11 is 3.37. The molecule has 0 aromatic heterocycles. The third kappa shape index (κ3) is 5.35. The van der Waals surface area contributed by atoms with Crippen LogP contribution in [0.25, 0.3) is 0 Å². The number of amides is 2. The van der Waals surface area contributed by atoms with E-state index in [1.54, 1.807) is 6.07 Å². The van der Waals surface area contributed by atoms with Crippen molar-refractivity contribution in [1.82, 2.24) is 5.32 Å². The first-order chi connectivity index (χ1) is 14.3. The summed E-state index contributed by atoms with van der Waals surface area (Å²) in [5, 5.41) is 16.7. The molecule has 2 amide bonds. The van der Waals surface area contributed by atoms with Gasteiger partial charge in [-0.2, -0.15) is 0 Å². The van der Waals surface area contributed by atoms with Gasteiger partial charge >= 0.3 is 0 Å². The average Bonchev–Trinajstić information content (AvgIpc) is 3.24. The predicted molar refractivity (Wildman–Crippen MR) is 119 cm³/mol. The highest BCUT2D eigenvalue weighted by Crippen LogP contribution is 2.28. The number of nitrogens with zero attached hydrogens (tertiary/aromatic N) is 2. The Morgan fingerprint density at radius 2 is 1.90 bits per heavy atom. The average molecular weight is 475 g/mol. The molecule has 2 aromatic carbocycles. The van der Waals surface area contributed by atoms with E-state index in [2.05, 4.69) is 31.5 Å². The fraction of sp³-hybridized carbons (Fsp3) is 0.333. The molecule has 30 heavy (non-hydrogen) atoms. The zero-order valence-corrected chi connectivity index (χ0v) is 18.2. The molecule has 0 unspecified atom stereocenters. The number of carbonyl (C=O) groups excluding carboxylic acids is 2. The van der Waals surface area contributed by atoms with Gasteiger partial charge in [-0.3, -0.25) is 19.7 Å². The van der Waals surface area contributed by atoms with E-state index in [1.807, 2.05) is 25.1 Å². The second-order valence-electron chi connectivity index (χ2n) is 7.17. The first kappa shape index (κ1) is 21.8. The SMILES string of the molecule is Cc1ccc(Br)cc1NC(=O)CCNC(=O)c1cc([N+](=O)[O-])ccc1N1CCCC1. The third-order valence-corrected chi connectivity index (χ3v) is 5.49. The van der Waals surface area contributed by atoms with Crippen LogP contribution in [0.1, 0.15) is 35.2 Å². The molecule has 1 aliphatic rings. The molecule has 8 nitrogen and oxygen atoms in total. The number of nitrogens with one attached hydrogen (secondary N) is 2.